The smallest absolute Gasteiger partial charge is 0.252 e. The molecule has 0 unspecified atom stereocenters. The molecule has 3 heterocycles. The van der Waals surface area contributed by atoms with Gasteiger partial charge >= 0.3 is 0 Å². The van der Waals surface area contributed by atoms with Crippen LogP contribution in [0, 0.1) is 5.92 Å². The number of amides is 1. The second kappa shape index (κ2) is 7.65. The van der Waals surface area contributed by atoms with E-state index in [1.807, 2.05) is 38.3 Å². The number of hydrogen-bond acceptors (Lipinski definition) is 5. The van der Waals surface area contributed by atoms with Gasteiger partial charge in [0.2, 0.25) is 11.9 Å². The van der Waals surface area contributed by atoms with Crippen molar-refractivity contribution in [3.8, 4) is 16.5 Å². The minimum atomic E-state index is -0.250. The summed E-state index contributed by atoms with van der Waals surface area (Å²) < 4.78 is 1.48. The lowest BCUT2D eigenvalue weighted by Gasteiger charge is -2.09. The van der Waals surface area contributed by atoms with E-state index in [9.17, 15) is 9.59 Å². The van der Waals surface area contributed by atoms with Crippen molar-refractivity contribution in [3.63, 3.8) is 0 Å². The minimum Gasteiger partial charge on any atom is -0.310 e. The van der Waals surface area contributed by atoms with Gasteiger partial charge < -0.3 is 5.32 Å². The fourth-order valence-electron chi connectivity index (χ4n) is 2.52. The van der Waals surface area contributed by atoms with Gasteiger partial charge in [-0.25, -0.2) is 4.98 Å². The number of nitrogens with zero attached hydrogens (tertiary/aromatic N) is 3. The Labute approximate surface area is 155 Å². The van der Waals surface area contributed by atoms with Crippen molar-refractivity contribution < 1.29 is 4.79 Å². The molecule has 3 aromatic heterocycles. The third-order valence-electron chi connectivity index (χ3n) is 3.69. The summed E-state index contributed by atoms with van der Waals surface area (Å²) in [5.74, 6) is 0.907. The summed E-state index contributed by atoms with van der Waals surface area (Å²) in [6.07, 6.45) is 1.03. The highest BCUT2D eigenvalue weighted by atomic mass is 32.1. The zero-order valence-electron chi connectivity index (χ0n) is 14.9. The van der Waals surface area contributed by atoms with Crippen LogP contribution in [0.1, 0.15) is 32.9 Å². The Morgan fingerprint density at radius 2 is 2.19 bits per heavy atom. The molecule has 136 valence electrons. The highest BCUT2D eigenvalue weighted by Gasteiger charge is 2.16. The summed E-state index contributed by atoms with van der Waals surface area (Å²) in [6, 6.07) is 7.15. The number of aromatic amines is 1. The summed E-state index contributed by atoms with van der Waals surface area (Å²) >= 11 is 1.55. The number of aryl methyl sites for hydroxylation is 1. The van der Waals surface area contributed by atoms with Gasteiger partial charge in [-0.15, -0.1) is 11.3 Å². The third kappa shape index (κ3) is 4.08. The molecule has 0 fully saturated rings. The Morgan fingerprint density at radius 3 is 2.85 bits per heavy atom. The lowest BCUT2D eigenvalue weighted by atomic mass is 10.1. The Hall–Kier alpha value is -2.74. The molecule has 3 rings (SSSR count). The topological polar surface area (TPSA) is 92.7 Å². The zero-order valence-corrected chi connectivity index (χ0v) is 15.8. The highest BCUT2D eigenvalue weighted by Crippen LogP contribution is 2.27. The second-order valence-electron chi connectivity index (χ2n) is 6.36. The Balaban J connectivity index is 2.06. The number of aromatic nitrogens is 4. The number of carbonyl (C=O) groups excluding carboxylic acids is 1. The summed E-state index contributed by atoms with van der Waals surface area (Å²) in [4.78, 5) is 32.3. The molecule has 0 saturated heterocycles. The van der Waals surface area contributed by atoms with Crippen molar-refractivity contribution in [2.75, 3.05) is 5.32 Å². The van der Waals surface area contributed by atoms with E-state index in [0.717, 1.165) is 4.88 Å². The predicted molar refractivity (Wildman–Crippen MR) is 103 cm³/mol. The van der Waals surface area contributed by atoms with Gasteiger partial charge in [-0.05, 0) is 23.8 Å². The largest absolute Gasteiger partial charge is 0.310 e. The molecule has 0 spiro atoms. The van der Waals surface area contributed by atoms with Gasteiger partial charge in [0, 0.05) is 24.2 Å². The van der Waals surface area contributed by atoms with E-state index in [4.69, 9.17) is 0 Å². The van der Waals surface area contributed by atoms with E-state index >= 15 is 0 Å². The fraction of sp³-hybridized carbons (Fsp3) is 0.333. The number of carbonyl (C=O) groups is 1. The normalized spacial score (nSPS) is 11.1. The van der Waals surface area contributed by atoms with E-state index in [-0.39, 0.29) is 23.3 Å². The number of rotatable bonds is 6. The quantitative estimate of drug-likeness (QED) is 0.696. The average molecular weight is 371 g/mol. The van der Waals surface area contributed by atoms with E-state index in [1.54, 1.807) is 17.4 Å². The lowest BCUT2D eigenvalue weighted by molar-refractivity contribution is -0.116. The van der Waals surface area contributed by atoms with Gasteiger partial charge in [-0.3, -0.25) is 14.6 Å². The van der Waals surface area contributed by atoms with Crippen LogP contribution in [0.2, 0.25) is 0 Å². The van der Waals surface area contributed by atoms with Crippen LogP contribution in [0.5, 0.6) is 0 Å². The van der Waals surface area contributed by atoms with E-state index in [1.165, 1.54) is 10.7 Å². The van der Waals surface area contributed by atoms with Crippen molar-refractivity contribution in [3.05, 3.63) is 45.7 Å². The molecule has 0 aliphatic heterocycles. The monoisotopic (exact) mass is 371 g/mol. The first-order valence-electron chi connectivity index (χ1n) is 8.50. The number of thiophene rings is 1. The minimum absolute atomic E-state index is 0.104. The maximum Gasteiger partial charge on any atom is 0.252 e. The van der Waals surface area contributed by atoms with Gasteiger partial charge in [0.15, 0.2) is 0 Å². The summed E-state index contributed by atoms with van der Waals surface area (Å²) in [5.41, 5.74) is 1.13. The molecule has 0 saturated carbocycles. The molecule has 0 aliphatic rings. The van der Waals surface area contributed by atoms with Crippen LogP contribution in [0.3, 0.4) is 0 Å². The maximum absolute atomic E-state index is 12.3. The van der Waals surface area contributed by atoms with Crippen molar-refractivity contribution in [1.29, 1.82) is 0 Å². The summed E-state index contributed by atoms with van der Waals surface area (Å²) in [7, 11) is 0. The Kier molecular flexibility index (Phi) is 5.32. The number of H-pyrrole nitrogens is 1. The molecule has 3 aromatic rings. The summed E-state index contributed by atoms with van der Waals surface area (Å²) in [5, 5.41) is 9.40. The standard InChI is InChI=1S/C18H21N5O2S/c1-4-12-9-17(25)21-18(19-12)23-15(20-16(24)8-11(2)3)10-13(22-23)14-6-5-7-26-14/h5-7,9-11H,4,8H2,1-3H3,(H,20,24)(H,19,21,25). The maximum atomic E-state index is 12.3. The fourth-order valence-corrected chi connectivity index (χ4v) is 3.20. The molecule has 26 heavy (non-hydrogen) atoms. The first-order valence-corrected chi connectivity index (χ1v) is 9.38. The first kappa shape index (κ1) is 18.1. The molecule has 1 amide bonds. The molecular formula is C18H21N5O2S. The van der Waals surface area contributed by atoms with Gasteiger partial charge in [-0.1, -0.05) is 26.8 Å². The zero-order chi connectivity index (χ0) is 18.7. The Morgan fingerprint density at radius 1 is 1.38 bits per heavy atom. The number of anilines is 1. The molecule has 0 radical (unpaired) electrons. The van der Waals surface area contributed by atoms with Crippen molar-refractivity contribution in [1.82, 2.24) is 19.7 Å². The van der Waals surface area contributed by atoms with Crippen molar-refractivity contribution >= 4 is 23.1 Å². The molecule has 7 nitrogen and oxygen atoms in total. The molecule has 0 atom stereocenters. The van der Waals surface area contributed by atoms with Crippen LogP contribution in [-0.2, 0) is 11.2 Å². The second-order valence-corrected chi connectivity index (χ2v) is 7.31. The van der Waals surface area contributed by atoms with Gasteiger partial charge in [0.1, 0.15) is 11.5 Å². The Bertz CT molecular complexity index is 956. The third-order valence-corrected chi connectivity index (χ3v) is 4.58. The van der Waals surface area contributed by atoms with Crippen molar-refractivity contribution in [2.24, 2.45) is 5.92 Å². The van der Waals surface area contributed by atoms with Crippen LogP contribution < -0.4 is 10.9 Å². The van der Waals surface area contributed by atoms with E-state index in [0.29, 0.717) is 30.0 Å². The van der Waals surface area contributed by atoms with Crippen LogP contribution in [0.25, 0.3) is 16.5 Å². The van der Waals surface area contributed by atoms with Gasteiger partial charge in [0.25, 0.3) is 5.56 Å². The molecule has 8 heteroatoms. The summed E-state index contributed by atoms with van der Waals surface area (Å²) in [6.45, 7) is 5.90. The molecule has 2 N–H and O–H groups in total. The predicted octanol–water partition coefficient (Wildman–Crippen LogP) is 3.23. The van der Waals surface area contributed by atoms with Crippen LogP contribution in [0.15, 0.2) is 34.4 Å². The molecule has 0 aromatic carbocycles. The number of hydrogen-bond donors (Lipinski definition) is 2. The number of nitrogens with one attached hydrogen (secondary N) is 2. The van der Waals surface area contributed by atoms with Crippen LogP contribution >= 0.6 is 11.3 Å². The molecule has 0 bridgehead atoms. The first-order chi connectivity index (χ1) is 12.5. The lowest BCUT2D eigenvalue weighted by Crippen LogP contribution is -2.19. The average Bonchev–Trinajstić information content (AvgIpc) is 3.22. The van der Waals surface area contributed by atoms with Gasteiger partial charge in [0.05, 0.1) is 4.88 Å². The van der Waals surface area contributed by atoms with Crippen molar-refractivity contribution in [2.45, 2.75) is 33.6 Å². The van der Waals surface area contributed by atoms with Gasteiger partial charge in [-0.2, -0.15) is 9.78 Å². The highest BCUT2D eigenvalue weighted by molar-refractivity contribution is 7.13. The van der Waals surface area contributed by atoms with Crippen LogP contribution in [0.4, 0.5) is 5.82 Å². The molecular weight excluding hydrogens is 350 g/mol. The van der Waals surface area contributed by atoms with E-state index in [2.05, 4.69) is 20.4 Å². The van der Waals surface area contributed by atoms with E-state index < -0.39 is 0 Å². The van der Waals surface area contributed by atoms with Crippen LogP contribution in [-0.4, -0.2) is 25.7 Å². The molecule has 0 aliphatic carbocycles. The SMILES string of the molecule is CCc1cc(=O)[nH]c(-n2nc(-c3cccs3)cc2NC(=O)CC(C)C)n1.